The number of nitrogens with one attached hydrogen (secondary N) is 3. The summed E-state index contributed by atoms with van der Waals surface area (Å²) >= 11 is 0. The summed E-state index contributed by atoms with van der Waals surface area (Å²) in [5.74, 6) is 0.297. The maximum Gasteiger partial charge on any atom is 0.330 e. The minimum Gasteiger partial charge on any atom is -0.466 e. The molecule has 5 rings (SSSR count). The molecule has 0 heterocycles. The second-order valence-electron chi connectivity index (χ2n) is 13.1. The zero-order valence-corrected chi connectivity index (χ0v) is 31.1. The zero-order chi connectivity index (χ0) is 38.1. The van der Waals surface area contributed by atoms with E-state index >= 15 is 0 Å². The first-order chi connectivity index (χ1) is 25.8. The molecule has 284 valence electrons. The van der Waals surface area contributed by atoms with E-state index in [-0.39, 0.29) is 11.9 Å². The van der Waals surface area contributed by atoms with E-state index in [1.54, 1.807) is 29.8 Å². The predicted molar refractivity (Wildman–Crippen MR) is 215 cm³/mol. The SMILES string of the molecule is COC(=O)/C=C/c1ccccc1N.COC(=O)/C=C/c1ccccc1NCC1CCCCC1.O=C(/C=C/c1ccccc1NCC1CCCCC1)NO. The Bertz CT molecular complexity index is 1550. The summed E-state index contributed by atoms with van der Waals surface area (Å²) in [5.41, 5.74) is 12.8. The van der Waals surface area contributed by atoms with Crippen LogP contribution in [0, 0.1) is 11.8 Å². The molecule has 2 fully saturated rings. The molecule has 2 aliphatic rings. The van der Waals surface area contributed by atoms with Crippen molar-refractivity contribution in [2.75, 3.05) is 43.7 Å². The first kappa shape index (κ1) is 42.1. The molecule has 3 aromatic carbocycles. The van der Waals surface area contributed by atoms with Crippen LogP contribution in [0.3, 0.4) is 0 Å². The molecule has 0 unspecified atom stereocenters. The van der Waals surface area contributed by atoms with Crippen LogP contribution in [-0.2, 0) is 23.9 Å². The second-order valence-corrected chi connectivity index (χ2v) is 13.1. The van der Waals surface area contributed by atoms with Crippen molar-refractivity contribution in [3.05, 3.63) is 108 Å². The molecule has 0 radical (unpaired) electrons. The number of hydrogen-bond donors (Lipinski definition) is 5. The van der Waals surface area contributed by atoms with Crippen LogP contribution in [-0.4, -0.2) is 50.4 Å². The van der Waals surface area contributed by atoms with Crippen molar-refractivity contribution in [1.82, 2.24) is 5.48 Å². The highest BCUT2D eigenvalue weighted by Gasteiger charge is 2.14. The third-order valence-corrected chi connectivity index (χ3v) is 9.25. The maximum atomic E-state index is 11.2. The quantitative estimate of drug-likeness (QED) is 0.0407. The number of hydroxylamine groups is 1. The van der Waals surface area contributed by atoms with Gasteiger partial charge in [-0.1, -0.05) is 93.1 Å². The second kappa shape index (κ2) is 24.8. The van der Waals surface area contributed by atoms with Crippen molar-refractivity contribution in [2.24, 2.45) is 11.8 Å². The molecule has 0 bridgehead atoms. The number of para-hydroxylation sites is 3. The molecule has 0 aliphatic heterocycles. The van der Waals surface area contributed by atoms with Gasteiger partial charge in [0.1, 0.15) is 0 Å². The highest BCUT2D eigenvalue weighted by Crippen LogP contribution is 2.26. The molecule has 0 spiro atoms. The minimum absolute atomic E-state index is 0.327. The third kappa shape index (κ3) is 16.7. The van der Waals surface area contributed by atoms with Gasteiger partial charge in [-0.3, -0.25) is 10.0 Å². The number of anilines is 3. The van der Waals surface area contributed by atoms with Gasteiger partial charge in [0.05, 0.1) is 14.2 Å². The Hall–Kier alpha value is -5.35. The normalized spacial score (nSPS) is 14.8. The minimum atomic E-state index is -0.521. The monoisotopic (exact) mass is 724 g/mol. The summed E-state index contributed by atoms with van der Waals surface area (Å²) in [6.45, 7) is 2.00. The highest BCUT2D eigenvalue weighted by molar-refractivity contribution is 5.92. The van der Waals surface area contributed by atoms with Crippen LogP contribution in [0.1, 0.15) is 80.9 Å². The predicted octanol–water partition coefficient (Wildman–Crippen LogP) is 8.52. The molecule has 53 heavy (non-hydrogen) atoms. The van der Waals surface area contributed by atoms with Gasteiger partial charge < -0.3 is 25.8 Å². The average Bonchev–Trinajstić information content (AvgIpc) is 3.21. The molecule has 1 amide bonds. The van der Waals surface area contributed by atoms with E-state index in [1.807, 2.05) is 60.7 Å². The Morgan fingerprint density at radius 3 is 1.45 bits per heavy atom. The van der Waals surface area contributed by atoms with Crippen LogP contribution in [0.5, 0.6) is 0 Å². The van der Waals surface area contributed by atoms with Gasteiger partial charge in [0.15, 0.2) is 0 Å². The fourth-order valence-corrected chi connectivity index (χ4v) is 6.21. The van der Waals surface area contributed by atoms with E-state index < -0.39 is 5.91 Å². The van der Waals surface area contributed by atoms with Gasteiger partial charge in [-0.15, -0.1) is 0 Å². The molecule has 3 aromatic rings. The molecule has 10 nitrogen and oxygen atoms in total. The molecular formula is C43H56N4O6. The van der Waals surface area contributed by atoms with Gasteiger partial charge in [0.25, 0.3) is 5.91 Å². The van der Waals surface area contributed by atoms with Gasteiger partial charge in [0, 0.05) is 48.4 Å². The lowest BCUT2D eigenvalue weighted by atomic mass is 9.89. The van der Waals surface area contributed by atoms with E-state index in [4.69, 9.17) is 10.9 Å². The molecule has 6 N–H and O–H groups in total. The molecule has 2 aliphatic carbocycles. The Labute approximate surface area is 314 Å². The third-order valence-electron chi connectivity index (χ3n) is 9.25. The highest BCUT2D eigenvalue weighted by atomic mass is 16.5. The largest absolute Gasteiger partial charge is 0.466 e. The van der Waals surface area contributed by atoms with Crippen molar-refractivity contribution in [3.63, 3.8) is 0 Å². The molecule has 0 aromatic heterocycles. The van der Waals surface area contributed by atoms with Crippen LogP contribution < -0.4 is 21.8 Å². The van der Waals surface area contributed by atoms with Gasteiger partial charge in [-0.05, 0) is 90.6 Å². The number of benzene rings is 3. The van der Waals surface area contributed by atoms with Gasteiger partial charge in [-0.25, -0.2) is 15.1 Å². The zero-order valence-electron chi connectivity index (χ0n) is 31.1. The van der Waals surface area contributed by atoms with Crippen LogP contribution >= 0.6 is 0 Å². The summed E-state index contributed by atoms with van der Waals surface area (Å²) in [6.07, 6.45) is 22.7. The first-order valence-corrected chi connectivity index (χ1v) is 18.5. The Morgan fingerprint density at radius 1 is 0.623 bits per heavy atom. The van der Waals surface area contributed by atoms with E-state index in [0.717, 1.165) is 53.0 Å². The van der Waals surface area contributed by atoms with Crippen molar-refractivity contribution in [2.45, 2.75) is 64.2 Å². The lowest BCUT2D eigenvalue weighted by Gasteiger charge is -2.22. The van der Waals surface area contributed by atoms with Crippen LogP contribution in [0.15, 0.2) is 91.0 Å². The lowest BCUT2D eigenvalue weighted by molar-refractivity contribution is -0.135. The van der Waals surface area contributed by atoms with Crippen molar-refractivity contribution < 1.29 is 29.1 Å². The first-order valence-electron chi connectivity index (χ1n) is 18.5. The van der Waals surface area contributed by atoms with Gasteiger partial charge in [-0.2, -0.15) is 0 Å². The smallest absolute Gasteiger partial charge is 0.330 e. The summed E-state index contributed by atoms with van der Waals surface area (Å²) in [4.78, 5) is 33.0. The number of methoxy groups -OCH3 is 2. The Morgan fingerprint density at radius 2 is 1.02 bits per heavy atom. The summed E-state index contributed by atoms with van der Waals surface area (Å²) in [5, 5.41) is 15.5. The van der Waals surface area contributed by atoms with E-state index in [0.29, 0.717) is 5.69 Å². The molecule has 2 saturated carbocycles. The van der Waals surface area contributed by atoms with Crippen LogP contribution in [0.2, 0.25) is 0 Å². The maximum absolute atomic E-state index is 11.2. The fraction of sp³-hybridized carbons (Fsp3) is 0.372. The number of nitrogen functional groups attached to an aromatic ring is 1. The molecule has 0 saturated heterocycles. The van der Waals surface area contributed by atoms with E-state index in [2.05, 4.69) is 26.2 Å². The molecule has 10 heteroatoms. The average molecular weight is 725 g/mol. The van der Waals surface area contributed by atoms with Crippen LogP contribution in [0.4, 0.5) is 17.1 Å². The lowest BCUT2D eigenvalue weighted by Crippen LogP contribution is -2.17. The van der Waals surface area contributed by atoms with Crippen molar-refractivity contribution >= 4 is 53.1 Å². The molecular weight excluding hydrogens is 668 g/mol. The Kier molecular flexibility index (Phi) is 19.7. The number of esters is 2. The van der Waals surface area contributed by atoms with Crippen LogP contribution in [0.25, 0.3) is 18.2 Å². The fourth-order valence-electron chi connectivity index (χ4n) is 6.21. The van der Waals surface area contributed by atoms with E-state index in [1.165, 1.54) is 96.7 Å². The number of carbonyl (C=O) groups is 3. The van der Waals surface area contributed by atoms with Crippen molar-refractivity contribution in [3.8, 4) is 0 Å². The van der Waals surface area contributed by atoms with Gasteiger partial charge in [0.2, 0.25) is 0 Å². The number of carbonyl (C=O) groups excluding carboxylic acids is 3. The topological polar surface area (TPSA) is 152 Å². The Balaban J connectivity index is 0.000000220. The van der Waals surface area contributed by atoms with Gasteiger partial charge >= 0.3 is 11.9 Å². The number of ether oxygens (including phenoxy) is 2. The van der Waals surface area contributed by atoms with E-state index in [9.17, 15) is 14.4 Å². The summed E-state index contributed by atoms with van der Waals surface area (Å²) in [6, 6.07) is 23.2. The number of amides is 1. The number of rotatable bonds is 12. The summed E-state index contributed by atoms with van der Waals surface area (Å²) < 4.78 is 9.07. The summed E-state index contributed by atoms with van der Waals surface area (Å²) in [7, 11) is 2.72. The number of hydrogen-bond acceptors (Lipinski definition) is 9. The molecule has 0 atom stereocenters. The standard InChI is InChI=1S/C17H23NO2.C16H22N2O2.C10H11NO2/c1-20-17(19)12-11-15-9-5-6-10-16(15)18-13-14-7-3-2-4-8-14;19-16(18-20)11-10-14-8-4-5-9-15(14)17-12-13-6-2-1-3-7-13;1-13-10(12)7-6-8-4-2-3-5-9(8)11/h5-6,9-12,14,18H,2-4,7-8,13H2,1H3;4-5,8-11,13,17,20H,1-3,6-7,12H2,(H,18,19);2-7H,11H2,1H3/b12-11+;11-10+;7-6+. The number of nitrogens with two attached hydrogens (primary N) is 1. The van der Waals surface area contributed by atoms with Crippen molar-refractivity contribution in [1.29, 1.82) is 0 Å².